The molecular weight excluding hydrogens is 525 g/mol. The number of rotatable bonds is 12. The van der Waals surface area contributed by atoms with Crippen molar-refractivity contribution in [3.05, 3.63) is 84.2 Å². The molecule has 0 aliphatic carbocycles. The van der Waals surface area contributed by atoms with Crippen molar-refractivity contribution in [1.29, 1.82) is 0 Å². The fourth-order valence-electron chi connectivity index (χ4n) is 4.02. The Bertz CT molecular complexity index is 1360. The number of likely N-dealkylation sites (N-methyl/N-ethyl adjacent to an activating group) is 1. The molecule has 39 heavy (non-hydrogen) atoms. The molecule has 0 aliphatic rings. The van der Waals surface area contributed by atoms with Crippen LogP contribution < -0.4 is 19.1 Å². The van der Waals surface area contributed by atoms with Crippen LogP contribution in [-0.4, -0.2) is 59.0 Å². The molecule has 0 aromatic heterocycles. The van der Waals surface area contributed by atoms with Gasteiger partial charge in [-0.25, -0.2) is 12.8 Å². The largest absolute Gasteiger partial charge is 0.497 e. The first-order valence-corrected chi connectivity index (χ1v) is 13.6. The van der Waals surface area contributed by atoms with E-state index in [0.29, 0.717) is 17.9 Å². The van der Waals surface area contributed by atoms with Crippen molar-refractivity contribution >= 4 is 27.5 Å². The van der Waals surface area contributed by atoms with E-state index in [1.165, 1.54) is 62.6 Å². The molecule has 11 heteroatoms. The van der Waals surface area contributed by atoms with Gasteiger partial charge in [-0.05, 0) is 72.6 Å². The van der Waals surface area contributed by atoms with Gasteiger partial charge in [0.2, 0.25) is 11.8 Å². The van der Waals surface area contributed by atoms with Gasteiger partial charge in [-0.3, -0.25) is 13.9 Å². The van der Waals surface area contributed by atoms with Gasteiger partial charge in [-0.15, -0.1) is 0 Å². The van der Waals surface area contributed by atoms with Gasteiger partial charge in [-0.2, -0.15) is 0 Å². The lowest BCUT2D eigenvalue weighted by Crippen LogP contribution is -2.51. The number of carbonyl (C=O) groups is 2. The zero-order valence-electron chi connectivity index (χ0n) is 22.3. The molecule has 0 spiro atoms. The van der Waals surface area contributed by atoms with E-state index < -0.39 is 34.3 Å². The van der Waals surface area contributed by atoms with Gasteiger partial charge >= 0.3 is 0 Å². The zero-order chi connectivity index (χ0) is 28.6. The molecule has 0 unspecified atom stereocenters. The van der Waals surface area contributed by atoms with E-state index in [1.807, 2.05) is 0 Å². The van der Waals surface area contributed by atoms with Crippen LogP contribution in [0.2, 0.25) is 0 Å². The molecule has 0 radical (unpaired) electrons. The number of benzene rings is 3. The van der Waals surface area contributed by atoms with E-state index in [9.17, 15) is 22.4 Å². The quantitative estimate of drug-likeness (QED) is 0.365. The molecule has 0 aliphatic heterocycles. The third kappa shape index (κ3) is 7.05. The number of amides is 2. The highest BCUT2D eigenvalue weighted by atomic mass is 32.2. The highest BCUT2D eigenvalue weighted by molar-refractivity contribution is 7.92. The van der Waals surface area contributed by atoms with Crippen LogP contribution in [0.25, 0.3) is 0 Å². The Morgan fingerprint density at radius 1 is 0.897 bits per heavy atom. The van der Waals surface area contributed by atoms with E-state index in [0.717, 1.165) is 22.0 Å². The summed E-state index contributed by atoms with van der Waals surface area (Å²) in [5.74, 6) is -0.463. The second-order valence-corrected chi connectivity index (χ2v) is 10.4. The summed E-state index contributed by atoms with van der Waals surface area (Å²) < 4.78 is 52.5. The van der Waals surface area contributed by atoms with E-state index in [1.54, 1.807) is 31.2 Å². The second kappa shape index (κ2) is 13.1. The predicted octanol–water partition coefficient (Wildman–Crippen LogP) is 3.59. The zero-order valence-corrected chi connectivity index (χ0v) is 23.1. The van der Waals surface area contributed by atoms with Crippen molar-refractivity contribution in [1.82, 2.24) is 10.2 Å². The Balaban J connectivity index is 2.04. The van der Waals surface area contributed by atoms with Gasteiger partial charge in [0.15, 0.2) is 0 Å². The molecule has 1 N–H and O–H groups in total. The minimum atomic E-state index is -4.27. The molecule has 3 rings (SSSR count). The number of halogens is 1. The fourth-order valence-corrected chi connectivity index (χ4v) is 5.44. The summed E-state index contributed by atoms with van der Waals surface area (Å²) >= 11 is 0. The number of methoxy groups -OCH3 is 2. The summed E-state index contributed by atoms with van der Waals surface area (Å²) in [6, 6.07) is 16.7. The molecule has 3 aromatic rings. The van der Waals surface area contributed by atoms with E-state index in [4.69, 9.17) is 9.47 Å². The molecule has 2 amide bonds. The van der Waals surface area contributed by atoms with Crippen LogP contribution in [0.4, 0.5) is 10.1 Å². The van der Waals surface area contributed by atoms with Crippen LogP contribution >= 0.6 is 0 Å². The highest BCUT2D eigenvalue weighted by Gasteiger charge is 2.33. The summed E-state index contributed by atoms with van der Waals surface area (Å²) in [5.41, 5.74) is 0.816. The number of carbonyl (C=O) groups excluding carboxylic acids is 2. The SMILES string of the molecule is CC[C@@H](C(=O)NC)N(Cc1ccc(OC)cc1)C(=O)CN(c1ccc(F)cc1)S(=O)(=O)c1ccc(OC)cc1. The number of sulfonamides is 1. The highest BCUT2D eigenvalue weighted by Crippen LogP contribution is 2.26. The molecule has 1 atom stereocenters. The van der Waals surface area contributed by atoms with Crippen LogP contribution in [0.1, 0.15) is 18.9 Å². The molecule has 0 saturated carbocycles. The van der Waals surface area contributed by atoms with Gasteiger partial charge in [0.25, 0.3) is 10.0 Å². The van der Waals surface area contributed by atoms with Crippen molar-refractivity contribution < 1.29 is 31.9 Å². The maximum Gasteiger partial charge on any atom is 0.264 e. The van der Waals surface area contributed by atoms with Crippen LogP contribution in [0, 0.1) is 5.82 Å². The Hall–Kier alpha value is -4.12. The Morgan fingerprint density at radius 2 is 1.44 bits per heavy atom. The van der Waals surface area contributed by atoms with Crippen LogP contribution in [0.3, 0.4) is 0 Å². The van der Waals surface area contributed by atoms with Crippen LogP contribution in [-0.2, 0) is 26.2 Å². The molecule has 9 nitrogen and oxygen atoms in total. The lowest BCUT2D eigenvalue weighted by molar-refractivity contribution is -0.140. The third-order valence-electron chi connectivity index (χ3n) is 6.19. The first-order chi connectivity index (χ1) is 18.6. The monoisotopic (exact) mass is 557 g/mol. The third-order valence-corrected chi connectivity index (χ3v) is 7.97. The Labute approximate surface area is 228 Å². The predicted molar refractivity (Wildman–Crippen MR) is 146 cm³/mol. The van der Waals surface area contributed by atoms with Gasteiger partial charge < -0.3 is 19.7 Å². The minimum Gasteiger partial charge on any atom is -0.497 e. The van der Waals surface area contributed by atoms with Crippen molar-refractivity contribution in [2.24, 2.45) is 0 Å². The van der Waals surface area contributed by atoms with Crippen molar-refractivity contribution in [2.75, 3.05) is 32.1 Å². The number of ether oxygens (including phenoxy) is 2. The van der Waals surface area contributed by atoms with Crippen LogP contribution in [0.5, 0.6) is 11.5 Å². The number of nitrogens with zero attached hydrogens (tertiary/aromatic N) is 2. The smallest absolute Gasteiger partial charge is 0.264 e. The fraction of sp³-hybridized carbons (Fsp3) is 0.286. The lowest BCUT2D eigenvalue weighted by Gasteiger charge is -2.33. The average Bonchev–Trinajstić information content (AvgIpc) is 2.96. The maximum atomic E-state index is 13.8. The van der Waals surface area contributed by atoms with Crippen molar-refractivity contribution in [3.63, 3.8) is 0 Å². The molecule has 0 bridgehead atoms. The van der Waals surface area contributed by atoms with Gasteiger partial charge in [0.05, 0.1) is 24.8 Å². The summed E-state index contributed by atoms with van der Waals surface area (Å²) in [6.07, 6.45) is 0.295. The molecular formula is C28H32FN3O6S. The van der Waals surface area contributed by atoms with Crippen LogP contribution in [0.15, 0.2) is 77.7 Å². The summed E-state index contributed by atoms with van der Waals surface area (Å²) in [4.78, 5) is 27.8. The molecule has 0 heterocycles. The normalized spacial score (nSPS) is 11.8. The second-order valence-electron chi connectivity index (χ2n) is 8.57. The molecule has 0 fully saturated rings. The number of nitrogens with one attached hydrogen (secondary N) is 1. The number of hydrogen-bond donors (Lipinski definition) is 1. The topological polar surface area (TPSA) is 105 Å². The first kappa shape index (κ1) is 29.4. The number of anilines is 1. The van der Waals surface area contributed by atoms with Crippen molar-refractivity contribution in [2.45, 2.75) is 30.8 Å². The number of hydrogen-bond acceptors (Lipinski definition) is 6. The minimum absolute atomic E-state index is 0.0502. The Morgan fingerprint density at radius 3 is 1.92 bits per heavy atom. The molecule has 208 valence electrons. The lowest BCUT2D eigenvalue weighted by atomic mass is 10.1. The summed E-state index contributed by atoms with van der Waals surface area (Å²) in [7, 11) is 0.200. The standard InChI is InChI=1S/C28H32FN3O6S/c1-5-26(28(34)30-2)31(18-20-6-12-23(37-3)13-7-20)27(33)19-32(22-10-8-21(29)9-11-22)39(35,36)25-16-14-24(38-4)15-17-25/h6-17,26H,5,18-19H2,1-4H3,(H,30,34)/t26-/m0/s1. The summed E-state index contributed by atoms with van der Waals surface area (Å²) in [6.45, 7) is 1.19. The van der Waals surface area contributed by atoms with Crippen molar-refractivity contribution in [3.8, 4) is 11.5 Å². The maximum absolute atomic E-state index is 13.8. The summed E-state index contributed by atoms with van der Waals surface area (Å²) in [5, 5.41) is 2.58. The van der Waals surface area contributed by atoms with Gasteiger partial charge in [0, 0.05) is 13.6 Å². The average molecular weight is 558 g/mol. The van der Waals surface area contributed by atoms with E-state index in [2.05, 4.69) is 5.32 Å². The molecule has 3 aromatic carbocycles. The van der Waals surface area contributed by atoms with E-state index >= 15 is 0 Å². The first-order valence-electron chi connectivity index (χ1n) is 12.2. The van der Waals surface area contributed by atoms with Gasteiger partial charge in [0.1, 0.15) is 29.9 Å². The Kier molecular flexibility index (Phi) is 9.89. The van der Waals surface area contributed by atoms with E-state index in [-0.39, 0.29) is 23.0 Å². The molecule has 0 saturated heterocycles. The van der Waals surface area contributed by atoms with Gasteiger partial charge in [-0.1, -0.05) is 19.1 Å².